The van der Waals surface area contributed by atoms with Gasteiger partial charge in [-0.25, -0.2) is 0 Å². The van der Waals surface area contributed by atoms with Gasteiger partial charge in [0.15, 0.2) is 0 Å². The highest BCUT2D eigenvalue weighted by Crippen LogP contribution is 2.22. The maximum Gasteiger partial charge on any atom is 0.228 e. The Kier molecular flexibility index (Phi) is 5.08. The molecule has 1 fully saturated rings. The first-order valence-electron chi connectivity index (χ1n) is 6.92. The molecule has 0 radical (unpaired) electrons. The van der Waals surface area contributed by atoms with Gasteiger partial charge in [0, 0.05) is 17.6 Å². The molecular formula is C15H21ClN2O. The Morgan fingerprint density at radius 3 is 2.47 bits per heavy atom. The molecular weight excluding hydrogens is 260 g/mol. The molecule has 1 unspecified atom stereocenters. The molecule has 104 valence electrons. The number of nitrogen functional groups attached to an aromatic ring is 1. The molecule has 1 aromatic carbocycles. The van der Waals surface area contributed by atoms with Crippen LogP contribution in [0.4, 0.5) is 5.69 Å². The largest absolute Gasteiger partial charge is 0.399 e. The van der Waals surface area contributed by atoms with Gasteiger partial charge in [-0.1, -0.05) is 31.4 Å². The van der Waals surface area contributed by atoms with E-state index < -0.39 is 0 Å². The monoisotopic (exact) mass is 280 g/mol. The predicted octanol–water partition coefficient (Wildman–Crippen LogP) is 3.04. The molecule has 1 atom stereocenters. The molecule has 0 saturated heterocycles. The minimum absolute atomic E-state index is 0.0340. The second-order valence-electron chi connectivity index (χ2n) is 5.22. The number of alkyl halides is 1. The Hall–Kier alpha value is -1.22. The van der Waals surface area contributed by atoms with Gasteiger partial charge in [0.25, 0.3) is 0 Å². The third-order valence-corrected chi connectivity index (χ3v) is 4.07. The number of amides is 1. The molecule has 1 aliphatic rings. The van der Waals surface area contributed by atoms with E-state index in [2.05, 4.69) is 5.32 Å². The molecule has 4 heteroatoms. The zero-order valence-corrected chi connectivity index (χ0v) is 11.8. The Bertz CT molecular complexity index is 413. The lowest BCUT2D eigenvalue weighted by Crippen LogP contribution is -2.39. The summed E-state index contributed by atoms with van der Waals surface area (Å²) in [6.07, 6.45) is 5.87. The maximum atomic E-state index is 12.3. The van der Waals surface area contributed by atoms with Crippen LogP contribution in [0.3, 0.4) is 0 Å². The van der Waals surface area contributed by atoms with E-state index >= 15 is 0 Å². The van der Waals surface area contributed by atoms with Crippen LogP contribution in [-0.4, -0.2) is 17.8 Å². The summed E-state index contributed by atoms with van der Waals surface area (Å²) in [6, 6.07) is 7.69. The van der Waals surface area contributed by atoms with Crippen LogP contribution in [0.25, 0.3) is 0 Å². The van der Waals surface area contributed by atoms with Crippen molar-refractivity contribution in [3.05, 3.63) is 29.8 Å². The van der Waals surface area contributed by atoms with Crippen LogP contribution in [0.5, 0.6) is 0 Å². The third-order valence-electron chi connectivity index (χ3n) is 3.76. The number of nitrogens with two attached hydrogens (primary N) is 1. The van der Waals surface area contributed by atoms with Crippen LogP contribution in [0.1, 0.15) is 43.6 Å². The number of carbonyl (C=O) groups excluding carboxylic acids is 1. The number of hydrogen-bond donors (Lipinski definition) is 2. The molecule has 0 heterocycles. The molecule has 0 spiro atoms. The first kappa shape index (κ1) is 14.2. The van der Waals surface area contributed by atoms with Crippen molar-refractivity contribution in [1.82, 2.24) is 5.32 Å². The molecule has 2 rings (SSSR count). The summed E-state index contributed by atoms with van der Waals surface area (Å²) in [5.41, 5.74) is 7.29. The fourth-order valence-corrected chi connectivity index (χ4v) is 2.91. The van der Waals surface area contributed by atoms with Gasteiger partial charge in [-0.15, -0.1) is 11.6 Å². The van der Waals surface area contributed by atoms with Crippen LogP contribution in [0.2, 0.25) is 0 Å². The molecule has 0 aromatic heterocycles. The SMILES string of the molecule is Nc1ccc(C(CCl)C(=O)NC2CCCCC2)cc1. The lowest BCUT2D eigenvalue weighted by Gasteiger charge is -2.25. The average Bonchev–Trinajstić information content (AvgIpc) is 2.43. The van der Waals surface area contributed by atoms with E-state index in [0.717, 1.165) is 18.4 Å². The second-order valence-corrected chi connectivity index (χ2v) is 5.53. The van der Waals surface area contributed by atoms with Crippen LogP contribution in [0, 0.1) is 0 Å². The molecule has 3 nitrogen and oxygen atoms in total. The minimum atomic E-state index is -0.288. The van der Waals surface area contributed by atoms with Gasteiger partial charge in [-0.3, -0.25) is 4.79 Å². The summed E-state index contributed by atoms with van der Waals surface area (Å²) in [7, 11) is 0. The van der Waals surface area contributed by atoms with Gasteiger partial charge in [-0.05, 0) is 30.5 Å². The van der Waals surface area contributed by atoms with Crippen molar-refractivity contribution in [3.63, 3.8) is 0 Å². The van der Waals surface area contributed by atoms with Crippen molar-refractivity contribution in [2.24, 2.45) is 0 Å². The van der Waals surface area contributed by atoms with E-state index in [1.165, 1.54) is 19.3 Å². The van der Waals surface area contributed by atoms with E-state index in [-0.39, 0.29) is 11.8 Å². The normalized spacial score (nSPS) is 17.9. The van der Waals surface area contributed by atoms with Crippen molar-refractivity contribution in [2.45, 2.75) is 44.1 Å². The summed E-state index contributed by atoms with van der Waals surface area (Å²) in [4.78, 5) is 12.3. The maximum absolute atomic E-state index is 12.3. The zero-order chi connectivity index (χ0) is 13.7. The molecule has 1 aromatic rings. The van der Waals surface area contributed by atoms with Crippen LogP contribution < -0.4 is 11.1 Å². The van der Waals surface area contributed by atoms with Crippen molar-refractivity contribution in [1.29, 1.82) is 0 Å². The highest BCUT2D eigenvalue weighted by Gasteiger charge is 2.23. The zero-order valence-electron chi connectivity index (χ0n) is 11.1. The molecule has 0 aliphatic heterocycles. The van der Waals surface area contributed by atoms with E-state index in [1.54, 1.807) is 0 Å². The van der Waals surface area contributed by atoms with Crippen molar-refractivity contribution >= 4 is 23.2 Å². The first-order chi connectivity index (χ1) is 9.20. The lowest BCUT2D eigenvalue weighted by atomic mass is 9.94. The smallest absolute Gasteiger partial charge is 0.228 e. The fraction of sp³-hybridized carbons (Fsp3) is 0.533. The predicted molar refractivity (Wildman–Crippen MR) is 79.3 cm³/mol. The first-order valence-corrected chi connectivity index (χ1v) is 7.46. The summed E-state index contributed by atoms with van der Waals surface area (Å²) < 4.78 is 0. The number of benzene rings is 1. The molecule has 19 heavy (non-hydrogen) atoms. The molecule has 1 amide bonds. The number of hydrogen-bond acceptors (Lipinski definition) is 2. The number of carbonyl (C=O) groups is 1. The van der Waals surface area contributed by atoms with Crippen molar-refractivity contribution in [3.8, 4) is 0 Å². The molecule has 0 bridgehead atoms. The number of anilines is 1. The molecule has 3 N–H and O–H groups in total. The standard InChI is InChI=1S/C15H21ClN2O/c16-10-14(11-6-8-12(17)9-7-11)15(19)18-13-4-2-1-3-5-13/h6-9,13-14H,1-5,10,17H2,(H,18,19). The Labute approximate surface area is 119 Å². The number of nitrogens with one attached hydrogen (secondary N) is 1. The van der Waals surface area contributed by atoms with Crippen LogP contribution in [0.15, 0.2) is 24.3 Å². The van der Waals surface area contributed by atoms with Crippen molar-refractivity contribution < 1.29 is 4.79 Å². The van der Waals surface area contributed by atoms with E-state index in [0.29, 0.717) is 17.6 Å². The quantitative estimate of drug-likeness (QED) is 0.658. The van der Waals surface area contributed by atoms with Gasteiger partial charge >= 0.3 is 0 Å². The van der Waals surface area contributed by atoms with Gasteiger partial charge < -0.3 is 11.1 Å². The van der Waals surface area contributed by atoms with E-state index in [4.69, 9.17) is 17.3 Å². The second kappa shape index (κ2) is 6.80. The Balaban J connectivity index is 2.00. The average molecular weight is 281 g/mol. The minimum Gasteiger partial charge on any atom is -0.399 e. The van der Waals surface area contributed by atoms with Gasteiger partial charge in [-0.2, -0.15) is 0 Å². The fourth-order valence-electron chi connectivity index (χ4n) is 2.59. The van der Waals surface area contributed by atoms with Crippen LogP contribution >= 0.6 is 11.6 Å². The Morgan fingerprint density at radius 2 is 1.89 bits per heavy atom. The molecule has 1 aliphatic carbocycles. The number of rotatable bonds is 4. The van der Waals surface area contributed by atoms with Gasteiger partial charge in [0.1, 0.15) is 0 Å². The van der Waals surface area contributed by atoms with Gasteiger partial charge in [0.05, 0.1) is 5.92 Å². The van der Waals surface area contributed by atoms with Crippen molar-refractivity contribution in [2.75, 3.05) is 11.6 Å². The third kappa shape index (κ3) is 3.87. The highest BCUT2D eigenvalue weighted by molar-refractivity contribution is 6.20. The topological polar surface area (TPSA) is 55.1 Å². The van der Waals surface area contributed by atoms with Crippen LogP contribution in [-0.2, 0) is 4.79 Å². The lowest BCUT2D eigenvalue weighted by molar-refractivity contribution is -0.123. The summed E-state index contributed by atoms with van der Waals surface area (Å²) in [5.74, 6) is 0.0403. The Morgan fingerprint density at radius 1 is 1.26 bits per heavy atom. The summed E-state index contributed by atoms with van der Waals surface area (Å²) in [5, 5.41) is 3.13. The van der Waals surface area contributed by atoms with E-state index in [1.807, 2.05) is 24.3 Å². The van der Waals surface area contributed by atoms with Gasteiger partial charge in [0.2, 0.25) is 5.91 Å². The highest BCUT2D eigenvalue weighted by atomic mass is 35.5. The van der Waals surface area contributed by atoms with E-state index in [9.17, 15) is 4.79 Å². The number of halogens is 1. The summed E-state index contributed by atoms with van der Waals surface area (Å²) in [6.45, 7) is 0. The summed E-state index contributed by atoms with van der Waals surface area (Å²) >= 11 is 5.96. The molecule has 1 saturated carbocycles.